The van der Waals surface area contributed by atoms with E-state index in [0.29, 0.717) is 12.1 Å². The van der Waals surface area contributed by atoms with Gasteiger partial charge in [-0.25, -0.2) is 0 Å². The highest BCUT2D eigenvalue weighted by molar-refractivity contribution is 5.22. The molecule has 2 heteroatoms. The van der Waals surface area contributed by atoms with E-state index in [0.717, 1.165) is 6.54 Å². The fourth-order valence-corrected chi connectivity index (χ4v) is 3.48. The Labute approximate surface area is 140 Å². The Morgan fingerprint density at radius 3 is 2.00 bits per heavy atom. The third-order valence-electron chi connectivity index (χ3n) is 4.84. The first-order valence-electron chi connectivity index (χ1n) is 8.91. The van der Waals surface area contributed by atoms with Crippen LogP contribution in [0.2, 0.25) is 0 Å². The normalized spacial score (nSPS) is 18.5. The van der Waals surface area contributed by atoms with Gasteiger partial charge in [0.25, 0.3) is 0 Å². The molecule has 1 aliphatic heterocycles. The van der Waals surface area contributed by atoms with Gasteiger partial charge in [0.05, 0.1) is 0 Å². The number of rotatable bonds is 6. The molecule has 1 saturated heterocycles. The van der Waals surface area contributed by atoms with Crippen LogP contribution in [0.1, 0.15) is 49.4 Å². The molecule has 0 unspecified atom stereocenters. The molecule has 2 nitrogen and oxygen atoms in total. The lowest BCUT2D eigenvalue weighted by atomic mass is 10.0. The van der Waals surface area contributed by atoms with Crippen molar-refractivity contribution in [2.75, 3.05) is 19.6 Å². The molecular formula is C21H28N2. The molecule has 0 aromatic heterocycles. The van der Waals surface area contributed by atoms with Gasteiger partial charge < -0.3 is 10.2 Å². The van der Waals surface area contributed by atoms with Crippen LogP contribution >= 0.6 is 0 Å². The molecule has 1 fully saturated rings. The maximum atomic E-state index is 3.86. The highest BCUT2D eigenvalue weighted by atomic mass is 15.2. The van der Waals surface area contributed by atoms with Gasteiger partial charge in [-0.3, -0.25) is 0 Å². The maximum Gasteiger partial charge on any atom is 0.0453 e. The first-order valence-corrected chi connectivity index (χ1v) is 8.91. The van der Waals surface area contributed by atoms with Crippen LogP contribution in [-0.4, -0.2) is 24.5 Å². The van der Waals surface area contributed by atoms with Crippen LogP contribution in [-0.2, 0) is 0 Å². The Morgan fingerprint density at radius 2 is 1.39 bits per heavy atom. The number of nitrogens with zero attached hydrogens (tertiary/aromatic N) is 1. The standard InChI is InChI=1S/C21H28N2/c1-18(19-11-5-2-6-12-19)22-21(20-13-7-3-8-14-20)17-23-15-9-4-10-16-23/h2-3,5-8,11-14,18,21-22H,4,9-10,15-17H2,1H3/t18-,21-/m0/s1. The van der Waals surface area contributed by atoms with E-state index in [2.05, 4.69) is 77.8 Å². The number of hydrogen-bond donors (Lipinski definition) is 1. The van der Waals surface area contributed by atoms with Crippen LogP contribution in [0.25, 0.3) is 0 Å². The molecule has 3 rings (SSSR count). The second-order valence-electron chi connectivity index (χ2n) is 6.62. The van der Waals surface area contributed by atoms with Crippen molar-refractivity contribution in [3.63, 3.8) is 0 Å². The van der Waals surface area contributed by atoms with Crippen LogP contribution in [0.4, 0.5) is 0 Å². The van der Waals surface area contributed by atoms with Crippen molar-refractivity contribution in [3.8, 4) is 0 Å². The van der Waals surface area contributed by atoms with E-state index in [4.69, 9.17) is 0 Å². The van der Waals surface area contributed by atoms with Gasteiger partial charge in [-0.05, 0) is 44.0 Å². The van der Waals surface area contributed by atoms with Gasteiger partial charge in [0.2, 0.25) is 0 Å². The van der Waals surface area contributed by atoms with E-state index in [9.17, 15) is 0 Å². The topological polar surface area (TPSA) is 15.3 Å². The molecule has 122 valence electrons. The summed E-state index contributed by atoms with van der Waals surface area (Å²) in [5.74, 6) is 0. The van der Waals surface area contributed by atoms with Crippen molar-refractivity contribution in [2.24, 2.45) is 0 Å². The second-order valence-corrected chi connectivity index (χ2v) is 6.62. The van der Waals surface area contributed by atoms with Crippen LogP contribution in [0.3, 0.4) is 0 Å². The summed E-state index contributed by atoms with van der Waals surface area (Å²) < 4.78 is 0. The lowest BCUT2D eigenvalue weighted by Crippen LogP contribution is -2.39. The van der Waals surface area contributed by atoms with E-state index < -0.39 is 0 Å². The molecule has 0 aliphatic carbocycles. The monoisotopic (exact) mass is 308 g/mol. The zero-order valence-electron chi connectivity index (χ0n) is 14.1. The summed E-state index contributed by atoms with van der Waals surface area (Å²) in [5, 5.41) is 3.86. The van der Waals surface area contributed by atoms with Gasteiger partial charge in [0.15, 0.2) is 0 Å². The molecule has 1 aliphatic rings. The van der Waals surface area contributed by atoms with Crippen molar-refractivity contribution in [2.45, 2.75) is 38.3 Å². The number of piperidine rings is 1. The highest BCUT2D eigenvalue weighted by Gasteiger charge is 2.20. The second kappa shape index (κ2) is 8.28. The molecule has 2 atom stereocenters. The minimum absolute atomic E-state index is 0.353. The zero-order chi connectivity index (χ0) is 15.9. The molecule has 0 amide bonds. The first-order chi connectivity index (χ1) is 11.3. The van der Waals surface area contributed by atoms with Gasteiger partial charge >= 0.3 is 0 Å². The fourth-order valence-electron chi connectivity index (χ4n) is 3.48. The van der Waals surface area contributed by atoms with Crippen molar-refractivity contribution in [1.29, 1.82) is 0 Å². The third kappa shape index (κ3) is 4.66. The predicted molar refractivity (Wildman–Crippen MR) is 97.5 cm³/mol. The van der Waals surface area contributed by atoms with Gasteiger partial charge in [-0.15, -0.1) is 0 Å². The van der Waals surface area contributed by atoms with E-state index in [1.807, 2.05) is 0 Å². The lowest BCUT2D eigenvalue weighted by Gasteiger charge is -2.32. The Balaban J connectivity index is 1.72. The average molecular weight is 308 g/mol. The smallest absolute Gasteiger partial charge is 0.0453 e. The summed E-state index contributed by atoms with van der Waals surface area (Å²) in [6, 6.07) is 22.4. The van der Waals surface area contributed by atoms with Crippen LogP contribution in [0.5, 0.6) is 0 Å². The van der Waals surface area contributed by atoms with E-state index in [1.54, 1.807) is 0 Å². The molecule has 0 bridgehead atoms. The SMILES string of the molecule is C[C@H](N[C@@H](CN1CCCCC1)c1ccccc1)c1ccccc1. The van der Waals surface area contributed by atoms with E-state index in [1.165, 1.54) is 43.5 Å². The first kappa shape index (κ1) is 16.2. The van der Waals surface area contributed by atoms with E-state index >= 15 is 0 Å². The van der Waals surface area contributed by atoms with Gasteiger partial charge in [-0.1, -0.05) is 67.1 Å². The summed E-state index contributed by atoms with van der Waals surface area (Å²) >= 11 is 0. The molecule has 0 spiro atoms. The Morgan fingerprint density at radius 1 is 0.826 bits per heavy atom. The molecule has 2 aromatic carbocycles. The summed E-state index contributed by atoms with van der Waals surface area (Å²) in [6.07, 6.45) is 4.08. The van der Waals surface area contributed by atoms with Gasteiger partial charge in [0.1, 0.15) is 0 Å². The highest BCUT2D eigenvalue weighted by Crippen LogP contribution is 2.22. The number of nitrogens with one attached hydrogen (secondary N) is 1. The molecule has 23 heavy (non-hydrogen) atoms. The Kier molecular flexibility index (Phi) is 5.84. The summed E-state index contributed by atoms with van der Waals surface area (Å²) in [6.45, 7) is 5.85. The molecule has 1 heterocycles. The number of benzene rings is 2. The summed E-state index contributed by atoms with van der Waals surface area (Å²) in [4.78, 5) is 2.62. The number of hydrogen-bond acceptors (Lipinski definition) is 2. The van der Waals surface area contributed by atoms with Gasteiger partial charge in [-0.2, -0.15) is 0 Å². The summed E-state index contributed by atoms with van der Waals surface area (Å²) in [5.41, 5.74) is 2.74. The predicted octanol–water partition coefficient (Wildman–Crippen LogP) is 4.56. The lowest BCUT2D eigenvalue weighted by molar-refractivity contribution is 0.201. The molecule has 1 N–H and O–H groups in total. The van der Waals surface area contributed by atoms with Crippen molar-refractivity contribution in [1.82, 2.24) is 10.2 Å². The number of likely N-dealkylation sites (tertiary alicyclic amines) is 1. The molecule has 0 radical (unpaired) electrons. The van der Waals surface area contributed by atoms with Crippen molar-refractivity contribution in [3.05, 3.63) is 71.8 Å². The Hall–Kier alpha value is -1.64. The quantitative estimate of drug-likeness (QED) is 0.841. The molecule has 2 aromatic rings. The van der Waals surface area contributed by atoms with Gasteiger partial charge in [0, 0.05) is 18.6 Å². The third-order valence-corrected chi connectivity index (χ3v) is 4.84. The van der Waals surface area contributed by atoms with Crippen molar-refractivity contribution < 1.29 is 0 Å². The Bertz CT molecular complexity index is 561. The maximum absolute atomic E-state index is 3.86. The largest absolute Gasteiger partial charge is 0.302 e. The van der Waals surface area contributed by atoms with E-state index in [-0.39, 0.29) is 0 Å². The molecule has 0 saturated carbocycles. The minimum atomic E-state index is 0.353. The van der Waals surface area contributed by atoms with Crippen LogP contribution < -0.4 is 5.32 Å². The fraction of sp³-hybridized carbons (Fsp3) is 0.429. The minimum Gasteiger partial charge on any atom is -0.302 e. The van der Waals surface area contributed by atoms with Crippen molar-refractivity contribution >= 4 is 0 Å². The van der Waals surface area contributed by atoms with Crippen LogP contribution in [0, 0.1) is 0 Å². The average Bonchev–Trinajstić information content (AvgIpc) is 2.63. The summed E-state index contributed by atoms with van der Waals surface area (Å²) in [7, 11) is 0. The molecular weight excluding hydrogens is 280 g/mol. The van der Waals surface area contributed by atoms with Crippen LogP contribution in [0.15, 0.2) is 60.7 Å². The zero-order valence-corrected chi connectivity index (χ0v) is 14.1.